The highest BCUT2D eigenvalue weighted by Gasteiger charge is 2.18. The second kappa shape index (κ2) is 7.52. The Balaban J connectivity index is 4.37. The normalized spacial score (nSPS) is 12.0. The number of nitrogens with zero attached hydrogens (tertiary/aromatic N) is 1. The molecular formula is C11H21N3O4. The summed E-state index contributed by atoms with van der Waals surface area (Å²) in [5.41, 5.74) is 5.06. The molecular weight excluding hydrogens is 238 g/mol. The van der Waals surface area contributed by atoms with Crippen molar-refractivity contribution in [3.8, 4) is 0 Å². The van der Waals surface area contributed by atoms with E-state index in [9.17, 15) is 14.4 Å². The first-order chi connectivity index (χ1) is 8.23. The quantitative estimate of drug-likeness (QED) is 0.590. The van der Waals surface area contributed by atoms with Crippen LogP contribution in [-0.4, -0.2) is 47.5 Å². The van der Waals surface area contributed by atoms with E-state index in [1.165, 1.54) is 11.8 Å². The van der Waals surface area contributed by atoms with Crippen molar-refractivity contribution in [1.29, 1.82) is 0 Å². The number of hydrogen-bond donors (Lipinski definition) is 3. The summed E-state index contributed by atoms with van der Waals surface area (Å²) in [5.74, 6) is -2.08. The van der Waals surface area contributed by atoms with Gasteiger partial charge in [0.1, 0.15) is 6.54 Å². The molecule has 0 saturated heterocycles. The van der Waals surface area contributed by atoms with Crippen molar-refractivity contribution in [2.45, 2.75) is 20.8 Å². The first kappa shape index (κ1) is 16.2. The Kier molecular flexibility index (Phi) is 6.77. The Labute approximate surface area is 106 Å². The van der Waals surface area contributed by atoms with E-state index in [0.29, 0.717) is 6.54 Å². The number of aliphatic carboxylic acids is 1. The number of urea groups is 1. The molecule has 0 bridgehead atoms. The molecule has 0 fully saturated rings. The largest absolute Gasteiger partial charge is 0.481 e. The summed E-state index contributed by atoms with van der Waals surface area (Å²) in [4.78, 5) is 34.5. The Morgan fingerprint density at radius 2 is 1.83 bits per heavy atom. The van der Waals surface area contributed by atoms with E-state index < -0.39 is 23.8 Å². The Morgan fingerprint density at radius 3 is 2.22 bits per heavy atom. The predicted molar refractivity (Wildman–Crippen MR) is 65.8 cm³/mol. The summed E-state index contributed by atoms with van der Waals surface area (Å²) in [7, 11) is 0. The lowest BCUT2D eigenvalue weighted by atomic mass is 10.2. The first-order valence-electron chi connectivity index (χ1n) is 5.78. The molecule has 0 spiro atoms. The monoisotopic (exact) mass is 259 g/mol. The van der Waals surface area contributed by atoms with Gasteiger partial charge in [0.05, 0.1) is 5.92 Å². The number of nitrogens with two attached hydrogens (primary N) is 1. The topological polar surface area (TPSA) is 113 Å². The predicted octanol–water partition coefficient (Wildman–Crippen LogP) is -0.140. The summed E-state index contributed by atoms with van der Waals surface area (Å²) in [6.07, 6.45) is 0. The molecule has 0 aromatic carbocycles. The number of amides is 3. The van der Waals surface area contributed by atoms with Crippen LogP contribution in [0, 0.1) is 11.8 Å². The van der Waals surface area contributed by atoms with Crippen molar-refractivity contribution in [3.05, 3.63) is 0 Å². The van der Waals surface area contributed by atoms with E-state index in [-0.39, 0.29) is 19.0 Å². The fourth-order valence-electron chi connectivity index (χ4n) is 1.29. The van der Waals surface area contributed by atoms with Crippen molar-refractivity contribution < 1.29 is 19.5 Å². The summed E-state index contributed by atoms with van der Waals surface area (Å²) in [5, 5.41) is 11.2. The molecule has 0 radical (unpaired) electrons. The van der Waals surface area contributed by atoms with Crippen LogP contribution in [0.3, 0.4) is 0 Å². The Bertz CT molecular complexity index is 317. The maximum Gasteiger partial charge on any atom is 0.317 e. The van der Waals surface area contributed by atoms with Gasteiger partial charge in [0, 0.05) is 13.1 Å². The fourth-order valence-corrected chi connectivity index (χ4v) is 1.29. The molecule has 7 nitrogen and oxygen atoms in total. The molecule has 0 aliphatic carbocycles. The van der Waals surface area contributed by atoms with Crippen LogP contribution in [0.4, 0.5) is 4.79 Å². The van der Waals surface area contributed by atoms with Gasteiger partial charge in [-0.05, 0) is 5.92 Å². The molecule has 0 saturated carbocycles. The second-order valence-corrected chi connectivity index (χ2v) is 4.67. The number of carbonyl (C=O) groups is 3. The lowest BCUT2D eigenvalue weighted by Gasteiger charge is -2.23. The molecule has 1 unspecified atom stereocenters. The smallest absolute Gasteiger partial charge is 0.317 e. The van der Waals surface area contributed by atoms with Gasteiger partial charge in [0.15, 0.2) is 0 Å². The van der Waals surface area contributed by atoms with E-state index in [1.807, 2.05) is 13.8 Å². The minimum atomic E-state index is -0.986. The van der Waals surface area contributed by atoms with Gasteiger partial charge < -0.3 is 21.1 Å². The maximum atomic E-state index is 11.8. The van der Waals surface area contributed by atoms with Crippen LogP contribution in [0.25, 0.3) is 0 Å². The molecule has 18 heavy (non-hydrogen) atoms. The lowest BCUT2D eigenvalue weighted by Crippen LogP contribution is -2.47. The Morgan fingerprint density at radius 1 is 1.28 bits per heavy atom. The number of hydrogen-bond acceptors (Lipinski definition) is 3. The molecule has 0 aromatic rings. The third-order valence-electron chi connectivity index (χ3n) is 2.20. The van der Waals surface area contributed by atoms with Gasteiger partial charge in [-0.1, -0.05) is 20.8 Å². The van der Waals surface area contributed by atoms with E-state index >= 15 is 0 Å². The zero-order valence-corrected chi connectivity index (χ0v) is 11.0. The fraction of sp³-hybridized carbons (Fsp3) is 0.727. The number of rotatable bonds is 7. The van der Waals surface area contributed by atoms with E-state index in [2.05, 4.69) is 5.32 Å². The average Bonchev–Trinajstić information content (AvgIpc) is 2.22. The molecule has 0 heterocycles. The minimum absolute atomic E-state index is 0.0154. The zero-order valence-electron chi connectivity index (χ0n) is 11.0. The molecule has 0 aliphatic rings. The molecule has 0 aliphatic heterocycles. The number of primary amides is 1. The molecule has 104 valence electrons. The standard InChI is InChI=1S/C11H21N3O4/c1-7(2)5-14(6-9(12)15)11(18)13-4-8(3)10(16)17/h7-8H,4-6H2,1-3H3,(H2,12,15)(H,13,18)(H,16,17). The summed E-state index contributed by atoms with van der Waals surface area (Å²) < 4.78 is 0. The van der Waals surface area contributed by atoms with E-state index in [4.69, 9.17) is 10.8 Å². The highest BCUT2D eigenvalue weighted by molar-refractivity contribution is 5.83. The van der Waals surface area contributed by atoms with Crippen LogP contribution in [0.5, 0.6) is 0 Å². The second-order valence-electron chi connectivity index (χ2n) is 4.67. The van der Waals surface area contributed by atoms with Gasteiger partial charge in [-0.15, -0.1) is 0 Å². The summed E-state index contributed by atoms with van der Waals surface area (Å²) >= 11 is 0. The SMILES string of the molecule is CC(C)CN(CC(N)=O)C(=O)NCC(C)C(=O)O. The molecule has 0 rings (SSSR count). The van der Waals surface area contributed by atoms with Gasteiger partial charge in [0.25, 0.3) is 0 Å². The Hall–Kier alpha value is -1.79. The summed E-state index contributed by atoms with van der Waals surface area (Å²) in [6, 6.07) is -0.476. The number of carboxylic acids is 1. The number of carbonyl (C=O) groups excluding carboxylic acids is 2. The van der Waals surface area contributed by atoms with Crippen molar-refractivity contribution in [3.63, 3.8) is 0 Å². The van der Waals surface area contributed by atoms with Crippen LogP contribution in [0.2, 0.25) is 0 Å². The van der Waals surface area contributed by atoms with Gasteiger partial charge in [0.2, 0.25) is 5.91 Å². The molecule has 3 amide bonds. The molecule has 4 N–H and O–H groups in total. The maximum absolute atomic E-state index is 11.8. The van der Waals surface area contributed by atoms with E-state index in [1.54, 1.807) is 0 Å². The first-order valence-corrected chi connectivity index (χ1v) is 5.78. The van der Waals surface area contributed by atoms with Crippen LogP contribution in [-0.2, 0) is 9.59 Å². The molecule has 7 heteroatoms. The number of carboxylic acid groups (broad SMARTS) is 1. The van der Waals surface area contributed by atoms with Crippen molar-refractivity contribution in [2.24, 2.45) is 17.6 Å². The summed E-state index contributed by atoms with van der Waals surface area (Å²) in [6.45, 7) is 5.52. The minimum Gasteiger partial charge on any atom is -0.481 e. The van der Waals surface area contributed by atoms with Crippen LogP contribution < -0.4 is 11.1 Å². The lowest BCUT2D eigenvalue weighted by molar-refractivity contribution is -0.140. The van der Waals surface area contributed by atoms with Gasteiger partial charge in [-0.25, -0.2) is 4.79 Å². The molecule has 0 aromatic heterocycles. The van der Waals surface area contributed by atoms with Crippen molar-refractivity contribution >= 4 is 17.9 Å². The van der Waals surface area contributed by atoms with Crippen LogP contribution in [0.1, 0.15) is 20.8 Å². The van der Waals surface area contributed by atoms with Gasteiger partial charge in [-0.3, -0.25) is 9.59 Å². The molecule has 1 atom stereocenters. The van der Waals surface area contributed by atoms with E-state index in [0.717, 1.165) is 0 Å². The third-order valence-corrected chi connectivity index (χ3v) is 2.20. The van der Waals surface area contributed by atoms with Crippen molar-refractivity contribution in [1.82, 2.24) is 10.2 Å². The highest BCUT2D eigenvalue weighted by atomic mass is 16.4. The van der Waals surface area contributed by atoms with Crippen LogP contribution >= 0.6 is 0 Å². The number of nitrogens with one attached hydrogen (secondary N) is 1. The van der Waals surface area contributed by atoms with Crippen molar-refractivity contribution in [2.75, 3.05) is 19.6 Å². The highest BCUT2D eigenvalue weighted by Crippen LogP contribution is 2.00. The average molecular weight is 259 g/mol. The van der Waals surface area contributed by atoms with Gasteiger partial charge >= 0.3 is 12.0 Å². The third kappa shape index (κ3) is 6.72. The van der Waals surface area contributed by atoms with Crippen LogP contribution in [0.15, 0.2) is 0 Å². The van der Waals surface area contributed by atoms with Gasteiger partial charge in [-0.2, -0.15) is 0 Å². The zero-order chi connectivity index (χ0) is 14.3.